The average Bonchev–Trinajstić information content (AvgIpc) is 3.24. The van der Waals surface area contributed by atoms with Gasteiger partial charge in [-0.1, -0.05) is 13.3 Å². The number of nitriles is 1. The summed E-state index contributed by atoms with van der Waals surface area (Å²) >= 11 is 1.27. The third-order valence-electron chi connectivity index (χ3n) is 6.69. The second-order valence-corrected chi connectivity index (χ2v) is 11.8. The predicted molar refractivity (Wildman–Crippen MR) is 136 cm³/mol. The average molecular weight is 531 g/mol. The van der Waals surface area contributed by atoms with Crippen LogP contribution in [0.1, 0.15) is 65.9 Å². The van der Waals surface area contributed by atoms with E-state index in [1.807, 2.05) is 6.92 Å². The lowest BCUT2D eigenvalue weighted by Crippen LogP contribution is -2.43. The van der Waals surface area contributed by atoms with Crippen LogP contribution in [0.4, 0.5) is 9.80 Å². The Hall–Kier alpha value is -2.94. The molecule has 11 heteroatoms. The van der Waals surface area contributed by atoms with E-state index in [-0.39, 0.29) is 17.5 Å². The molecule has 1 fully saturated rings. The number of anilines is 1. The van der Waals surface area contributed by atoms with Gasteiger partial charge in [0.15, 0.2) is 0 Å². The Balaban J connectivity index is 1.50. The molecule has 3 heterocycles. The summed E-state index contributed by atoms with van der Waals surface area (Å²) in [5.41, 5.74) is 1.54. The molecular weight excluding hydrogens is 500 g/mol. The van der Waals surface area contributed by atoms with Gasteiger partial charge in [-0.2, -0.15) is 9.57 Å². The quantitative estimate of drug-likeness (QED) is 0.593. The van der Waals surface area contributed by atoms with Gasteiger partial charge in [0.05, 0.1) is 23.6 Å². The molecule has 2 amide bonds. The van der Waals surface area contributed by atoms with Crippen molar-refractivity contribution in [3.8, 4) is 6.07 Å². The molecule has 1 saturated heterocycles. The zero-order valence-corrected chi connectivity index (χ0v) is 22.1. The van der Waals surface area contributed by atoms with Crippen molar-refractivity contribution in [2.75, 3.05) is 25.0 Å². The maximum absolute atomic E-state index is 13.2. The van der Waals surface area contributed by atoms with Crippen molar-refractivity contribution in [3.05, 3.63) is 45.8 Å². The van der Waals surface area contributed by atoms with Crippen LogP contribution in [0.25, 0.3) is 0 Å². The minimum absolute atomic E-state index is 0.000687. The molecule has 9 nitrogen and oxygen atoms in total. The molecule has 1 unspecified atom stereocenters. The Bertz CT molecular complexity index is 1280. The molecule has 4 rings (SSSR count). The van der Waals surface area contributed by atoms with E-state index in [2.05, 4.69) is 11.4 Å². The molecule has 2 aliphatic heterocycles. The second-order valence-electron chi connectivity index (χ2n) is 8.84. The number of sulfonamides is 1. The van der Waals surface area contributed by atoms with Crippen molar-refractivity contribution in [2.24, 2.45) is 0 Å². The standard InChI is InChI=1S/C25H30N4O5S2/c1-3-18-7-5-6-13-29(18)36(32,33)19-10-8-17(9-11-19)23(30)27-24-21(15-26)20-12-14-28(16-22(20)35-24)25(31)34-4-2/h8-11,18H,3-7,12-14,16H2,1-2H3,(H,27,30). The van der Waals surface area contributed by atoms with Gasteiger partial charge in [-0.3, -0.25) is 4.79 Å². The number of nitrogens with zero attached hydrogens (tertiary/aromatic N) is 3. The topological polar surface area (TPSA) is 120 Å². The summed E-state index contributed by atoms with van der Waals surface area (Å²) in [6.07, 6.45) is 3.61. The molecule has 2 aliphatic rings. The molecule has 0 spiro atoms. The SMILES string of the molecule is CCOC(=O)N1CCc2c(sc(NC(=O)c3ccc(S(=O)(=O)N4CCCCC4CC)cc3)c2C#N)C1. The van der Waals surface area contributed by atoms with Crippen LogP contribution in [0.15, 0.2) is 29.2 Å². The highest BCUT2D eigenvalue weighted by Gasteiger charge is 2.33. The molecule has 0 aliphatic carbocycles. The Morgan fingerprint density at radius 1 is 1.19 bits per heavy atom. The molecule has 1 aromatic carbocycles. The third-order valence-corrected chi connectivity index (χ3v) is 9.79. The van der Waals surface area contributed by atoms with E-state index in [0.717, 1.165) is 36.1 Å². The molecule has 0 saturated carbocycles. The molecule has 0 radical (unpaired) electrons. The number of ether oxygens (including phenoxy) is 1. The lowest BCUT2D eigenvalue weighted by atomic mass is 10.0. The highest BCUT2D eigenvalue weighted by atomic mass is 32.2. The summed E-state index contributed by atoms with van der Waals surface area (Å²) in [4.78, 5) is 27.6. The van der Waals surface area contributed by atoms with Crippen LogP contribution in [0.3, 0.4) is 0 Å². The van der Waals surface area contributed by atoms with E-state index in [0.29, 0.717) is 42.2 Å². The number of hydrogen-bond donors (Lipinski definition) is 1. The minimum Gasteiger partial charge on any atom is -0.450 e. The first-order valence-corrected chi connectivity index (χ1v) is 14.4. The molecule has 36 heavy (non-hydrogen) atoms. The number of hydrogen-bond acceptors (Lipinski definition) is 7. The fourth-order valence-electron chi connectivity index (χ4n) is 4.77. The highest BCUT2D eigenvalue weighted by molar-refractivity contribution is 7.89. The van der Waals surface area contributed by atoms with Crippen LogP contribution in [0.2, 0.25) is 0 Å². The van der Waals surface area contributed by atoms with Gasteiger partial charge in [0, 0.05) is 29.6 Å². The van der Waals surface area contributed by atoms with Crippen molar-refractivity contribution in [2.45, 2.75) is 63.4 Å². The predicted octanol–water partition coefficient (Wildman–Crippen LogP) is 4.34. The van der Waals surface area contributed by atoms with E-state index in [4.69, 9.17) is 4.74 Å². The van der Waals surface area contributed by atoms with E-state index in [1.54, 1.807) is 16.1 Å². The number of carbonyl (C=O) groups is 2. The van der Waals surface area contributed by atoms with Gasteiger partial charge in [-0.15, -0.1) is 11.3 Å². The monoisotopic (exact) mass is 530 g/mol. The molecule has 2 aromatic rings. The summed E-state index contributed by atoms with van der Waals surface area (Å²) in [5.74, 6) is -0.430. The molecule has 1 N–H and O–H groups in total. The fraction of sp³-hybridized carbons (Fsp3) is 0.480. The number of amides is 2. The van der Waals surface area contributed by atoms with Crippen LogP contribution >= 0.6 is 11.3 Å². The second kappa shape index (κ2) is 11.0. The van der Waals surface area contributed by atoms with E-state index in [9.17, 15) is 23.3 Å². The molecule has 192 valence electrons. The Morgan fingerprint density at radius 2 is 1.94 bits per heavy atom. The van der Waals surface area contributed by atoms with Crippen LogP contribution in [-0.4, -0.2) is 55.4 Å². The summed E-state index contributed by atoms with van der Waals surface area (Å²) in [6, 6.07) is 8.10. The molecular formula is C25H30N4O5S2. The number of piperidine rings is 1. The van der Waals surface area contributed by atoms with Gasteiger partial charge in [0.1, 0.15) is 11.1 Å². The molecule has 1 atom stereocenters. The third kappa shape index (κ3) is 5.12. The fourth-order valence-corrected chi connectivity index (χ4v) is 7.74. The first-order chi connectivity index (χ1) is 17.3. The first-order valence-electron chi connectivity index (χ1n) is 12.2. The molecule has 1 aromatic heterocycles. The van der Waals surface area contributed by atoms with Crippen LogP contribution in [0, 0.1) is 11.3 Å². The lowest BCUT2D eigenvalue weighted by Gasteiger charge is -2.34. The highest BCUT2D eigenvalue weighted by Crippen LogP contribution is 2.37. The normalized spacial score (nSPS) is 18.2. The van der Waals surface area contributed by atoms with Crippen molar-refractivity contribution in [1.82, 2.24) is 9.21 Å². The van der Waals surface area contributed by atoms with E-state index >= 15 is 0 Å². The number of thiophene rings is 1. The van der Waals surface area contributed by atoms with Crippen molar-refractivity contribution < 1.29 is 22.7 Å². The summed E-state index contributed by atoms with van der Waals surface area (Å²) in [5, 5.41) is 13.0. The van der Waals surface area contributed by atoms with E-state index < -0.39 is 22.0 Å². The van der Waals surface area contributed by atoms with Gasteiger partial charge in [0.2, 0.25) is 10.0 Å². The Labute approximate surface area is 215 Å². The largest absolute Gasteiger partial charge is 0.450 e. The van der Waals surface area contributed by atoms with Gasteiger partial charge >= 0.3 is 6.09 Å². The van der Waals surface area contributed by atoms with Crippen molar-refractivity contribution in [1.29, 1.82) is 5.26 Å². The zero-order chi connectivity index (χ0) is 25.9. The van der Waals surface area contributed by atoms with Crippen molar-refractivity contribution in [3.63, 3.8) is 0 Å². The number of nitrogens with one attached hydrogen (secondary N) is 1. The number of rotatable bonds is 6. The van der Waals surface area contributed by atoms with Gasteiger partial charge in [-0.25, -0.2) is 13.2 Å². The number of fused-ring (bicyclic) bond motifs is 1. The van der Waals surface area contributed by atoms with Crippen LogP contribution in [-0.2, 0) is 27.7 Å². The maximum Gasteiger partial charge on any atom is 0.410 e. The summed E-state index contributed by atoms with van der Waals surface area (Å²) in [7, 11) is -3.64. The van der Waals surface area contributed by atoms with Crippen molar-refractivity contribution >= 4 is 38.4 Å². The molecule has 0 bridgehead atoms. The summed E-state index contributed by atoms with van der Waals surface area (Å²) < 4.78 is 33.0. The number of carbonyl (C=O) groups excluding carboxylic acids is 2. The minimum atomic E-state index is -3.64. The van der Waals surface area contributed by atoms with E-state index in [1.165, 1.54) is 35.6 Å². The van der Waals surface area contributed by atoms with Gasteiger partial charge in [-0.05, 0) is 62.4 Å². The number of benzene rings is 1. The van der Waals surface area contributed by atoms with Crippen LogP contribution in [0.5, 0.6) is 0 Å². The maximum atomic E-state index is 13.2. The Kier molecular flexibility index (Phi) is 7.97. The first kappa shape index (κ1) is 26.1. The lowest BCUT2D eigenvalue weighted by molar-refractivity contribution is 0.102. The van der Waals surface area contributed by atoms with Gasteiger partial charge < -0.3 is 15.0 Å². The zero-order valence-electron chi connectivity index (χ0n) is 20.5. The summed E-state index contributed by atoms with van der Waals surface area (Å²) in [6.45, 7) is 5.31. The Morgan fingerprint density at radius 3 is 2.61 bits per heavy atom. The smallest absolute Gasteiger partial charge is 0.410 e. The van der Waals surface area contributed by atoms with Gasteiger partial charge in [0.25, 0.3) is 5.91 Å². The van der Waals surface area contributed by atoms with Crippen LogP contribution < -0.4 is 5.32 Å².